The largest absolute Gasteiger partial charge is 0.384 e. The molecular formula is C16H22N2O5S. The number of hydrogen-bond acceptors (Lipinski definition) is 5. The fourth-order valence-corrected chi connectivity index (χ4v) is 4.54. The maximum absolute atomic E-state index is 12.7. The van der Waals surface area contributed by atoms with Crippen LogP contribution in [0.5, 0.6) is 0 Å². The van der Waals surface area contributed by atoms with Gasteiger partial charge in [-0.3, -0.25) is 4.79 Å². The summed E-state index contributed by atoms with van der Waals surface area (Å²) in [6.45, 7) is 3.91. The van der Waals surface area contributed by atoms with Crippen molar-refractivity contribution in [2.75, 3.05) is 32.8 Å². The van der Waals surface area contributed by atoms with E-state index < -0.39 is 16.1 Å². The minimum absolute atomic E-state index is 0.290. The monoisotopic (exact) mass is 354 g/mol. The molecule has 1 amide bonds. The Balaban J connectivity index is 1.82. The molecule has 2 heterocycles. The molecule has 0 spiro atoms. The number of morpholine rings is 1. The van der Waals surface area contributed by atoms with Crippen LogP contribution in [0, 0.1) is 0 Å². The molecule has 0 aliphatic carbocycles. The fraction of sp³-hybridized carbons (Fsp3) is 0.562. The molecule has 132 valence electrons. The smallest absolute Gasteiger partial charge is 0.251 e. The summed E-state index contributed by atoms with van der Waals surface area (Å²) in [4.78, 5) is 13.8. The molecule has 0 unspecified atom stereocenters. The van der Waals surface area contributed by atoms with E-state index in [0.29, 0.717) is 50.7 Å². The second-order valence-corrected chi connectivity index (χ2v) is 8.07. The molecule has 1 aromatic rings. The molecule has 1 atom stereocenters. The van der Waals surface area contributed by atoms with E-state index in [-0.39, 0.29) is 5.91 Å². The van der Waals surface area contributed by atoms with Gasteiger partial charge in [0.05, 0.1) is 18.1 Å². The maximum atomic E-state index is 12.7. The predicted octanol–water partition coefficient (Wildman–Crippen LogP) is -0.0270. The Morgan fingerprint density at radius 2 is 1.92 bits per heavy atom. The van der Waals surface area contributed by atoms with Crippen molar-refractivity contribution in [1.82, 2.24) is 9.21 Å². The molecule has 0 saturated carbocycles. The predicted molar refractivity (Wildman–Crippen MR) is 86.8 cm³/mol. The number of hydrogen-bond donors (Lipinski definition) is 1. The standard InChI is InChI=1S/C16H22N2O5S/c1-12(19)16(20)17-5-4-13-10-15(3-2-14(13)11-17)24(21,22)18-6-8-23-9-7-18/h2-3,10,12,19H,4-9,11H2,1H3/t12-/m0/s1. The molecule has 24 heavy (non-hydrogen) atoms. The summed E-state index contributed by atoms with van der Waals surface area (Å²) in [5.74, 6) is -0.300. The van der Waals surface area contributed by atoms with Gasteiger partial charge >= 0.3 is 0 Å². The third-order valence-electron chi connectivity index (χ3n) is 4.47. The van der Waals surface area contributed by atoms with Crippen LogP contribution in [-0.4, -0.2) is 67.6 Å². The van der Waals surface area contributed by atoms with Crippen molar-refractivity contribution in [2.24, 2.45) is 0 Å². The van der Waals surface area contributed by atoms with Gasteiger partial charge < -0.3 is 14.7 Å². The number of rotatable bonds is 3. The van der Waals surface area contributed by atoms with Crippen molar-refractivity contribution in [3.8, 4) is 0 Å². The highest BCUT2D eigenvalue weighted by molar-refractivity contribution is 7.89. The Bertz CT molecular complexity index is 726. The van der Waals surface area contributed by atoms with Gasteiger partial charge in [0.15, 0.2) is 0 Å². The van der Waals surface area contributed by atoms with Crippen molar-refractivity contribution in [1.29, 1.82) is 0 Å². The van der Waals surface area contributed by atoms with Crippen LogP contribution in [0.1, 0.15) is 18.1 Å². The molecular weight excluding hydrogens is 332 g/mol. The average Bonchev–Trinajstić information content (AvgIpc) is 2.60. The number of aliphatic hydroxyl groups excluding tert-OH is 1. The van der Waals surface area contributed by atoms with E-state index >= 15 is 0 Å². The third-order valence-corrected chi connectivity index (χ3v) is 6.36. The third kappa shape index (κ3) is 3.32. The van der Waals surface area contributed by atoms with Crippen molar-refractivity contribution < 1.29 is 23.1 Å². The molecule has 2 aliphatic rings. The zero-order chi connectivity index (χ0) is 17.3. The van der Waals surface area contributed by atoms with Gasteiger partial charge in [-0.2, -0.15) is 4.31 Å². The summed E-state index contributed by atoms with van der Waals surface area (Å²) in [5, 5.41) is 9.43. The van der Waals surface area contributed by atoms with Crippen LogP contribution in [-0.2, 0) is 32.5 Å². The number of sulfonamides is 1. The lowest BCUT2D eigenvalue weighted by atomic mass is 9.99. The fourth-order valence-electron chi connectivity index (χ4n) is 3.08. The number of aliphatic hydroxyl groups is 1. The van der Waals surface area contributed by atoms with Crippen LogP contribution in [0.3, 0.4) is 0 Å². The van der Waals surface area contributed by atoms with Crippen LogP contribution < -0.4 is 0 Å². The SMILES string of the molecule is C[C@H](O)C(=O)N1CCc2cc(S(=O)(=O)N3CCOCC3)ccc2C1. The Morgan fingerprint density at radius 1 is 1.21 bits per heavy atom. The van der Waals surface area contributed by atoms with Crippen LogP contribution in [0.15, 0.2) is 23.1 Å². The van der Waals surface area contributed by atoms with Crippen LogP contribution in [0.25, 0.3) is 0 Å². The Morgan fingerprint density at radius 3 is 2.58 bits per heavy atom. The van der Waals surface area contributed by atoms with Gasteiger partial charge in [0.1, 0.15) is 6.10 Å². The summed E-state index contributed by atoms with van der Waals surface area (Å²) in [7, 11) is -3.51. The maximum Gasteiger partial charge on any atom is 0.251 e. The van der Waals surface area contributed by atoms with E-state index in [9.17, 15) is 18.3 Å². The van der Waals surface area contributed by atoms with Crippen molar-refractivity contribution >= 4 is 15.9 Å². The highest BCUT2D eigenvalue weighted by Gasteiger charge is 2.29. The van der Waals surface area contributed by atoms with Crippen LogP contribution in [0.4, 0.5) is 0 Å². The summed E-state index contributed by atoms with van der Waals surface area (Å²) < 4.78 is 32.1. The normalized spacial score (nSPS) is 20.5. The van der Waals surface area contributed by atoms with Crippen molar-refractivity contribution in [3.63, 3.8) is 0 Å². The highest BCUT2D eigenvalue weighted by Crippen LogP contribution is 2.25. The first-order chi connectivity index (χ1) is 11.4. The second-order valence-electron chi connectivity index (χ2n) is 6.13. The second kappa shape index (κ2) is 6.79. The number of amides is 1. The average molecular weight is 354 g/mol. The minimum atomic E-state index is -3.51. The molecule has 7 nitrogen and oxygen atoms in total. The first kappa shape index (κ1) is 17.3. The molecule has 3 rings (SSSR count). The van der Waals surface area contributed by atoms with E-state index in [2.05, 4.69) is 0 Å². The van der Waals surface area contributed by atoms with Gasteiger partial charge in [0, 0.05) is 26.2 Å². The first-order valence-corrected chi connectivity index (χ1v) is 9.50. The quantitative estimate of drug-likeness (QED) is 0.824. The first-order valence-electron chi connectivity index (χ1n) is 8.06. The Kier molecular flexibility index (Phi) is 4.91. The van der Waals surface area contributed by atoms with Gasteiger partial charge in [-0.15, -0.1) is 0 Å². The molecule has 8 heteroatoms. The molecule has 0 aromatic heterocycles. The van der Waals surface area contributed by atoms with Crippen LogP contribution in [0.2, 0.25) is 0 Å². The molecule has 1 fully saturated rings. The van der Waals surface area contributed by atoms with Crippen molar-refractivity contribution in [2.45, 2.75) is 30.9 Å². The minimum Gasteiger partial charge on any atom is -0.384 e. The lowest BCUT2D eigenvalue weighted by Gasteiger charge is -2.31. The summed E-state index contributed by atoms with van der Waals surface area (Å²) >= 11 is 0. The zero-order valence-corrected chi connectivity index (χ0v) is 14.5. The van der Waals surface area contributed by atoms with E-state index in [1.54, 1.807) is 23.1 Å². The zero-order valence-electron chi connectivity index (χ0n) is 13.6. The van der Waals surface area contributed by atoms with Gasteiger partial charge in [0.25, 0.3) is 5.91 Å². The Hall–Kier alpha value is -1.48. The summed E-state index contributed by atoms with van der Waals surface area (Å²) in [6, 6.07) is 5.08. The topological polar surface area (TPSA) is 87.2 Å². The number of ether oxygens (including phenoxy) is 1. The van der Waals surface area contributed by atoms with Gasteiger partial charge in [-0.25, -0.2) is 8.42 Å². The Labute approximate surface area is 141 Å². The van der Waals surface area contributed by atoms with Gasteiger partial charge in [0.2, 0.25) is 10.0 Å². The number of carbonyl (C=O) groups excluding carboxylic acids is 1. The lowest BCUT2D eigenvalue weighted by molar-refractivity contribution is -0.140. The number of fused-ring (bicyclic) bond motifs is 1. The lowest BCUT2D eigenvalue weighted by Crippen LogP contribution is -2.41. The van der Waals surface area contributed by atoms with E-state index in [1.165, 1.54) is 11.2 Å². The molecule has 0 radical (unpaired) electrons. The highest BCUT2D eigenvalue weighted by atomic mass is 32.2. The van der Waals surface area contributed by atoms with E-state index in [1.807, 2.05) is 0 Å². The molecule has 0 bridgehead atoms. The van der Waals surface area contributed by atoms with E-state index in [4.69, 9.17) is 4.74 Å². The number of carbonyl (C=O) groups is 1. The molecule has 1 N–H and O–H groups in total. The molecule has 1 saturated heterocycles. The van der Waals surface area contributed by atoms with Gasteiger partial charge in [-0.1, -0.05) is 6.07 Å². The van der Waals surface area contributed by atoms with Crippen LogP contribution >= 0.6 is 0 Å². The van der Waals surface area contributed by atoms with E-state index in [0.717, 1.165) is 11.1 Å². The molecule has 2 aliphatic heterocycles. The summed E-state index contributed by atoms with van der Waals surface area (Å²) in [5.41, 5.74) is 1.87. The summed E-state index contributed by atoms with van der Waals surface area (Å²) in [6.07, 6.45) is -0.437. The van der Waals surface area contributed by atoms with Crippen molar-refractivity contribution in [3.05, 3.63) is 29.3 Å². The number of nitrogens with zero attached hydrogens (tertiary/aromatic N) is 2. The number of benzene rings is 1. The van der Waals surface area contributed by atoms with Gasteiger partial charge in [-0.05, 0) is 36.6 Å². The molecule has 1 aromatic carbocycles.